The Morgan fingerprint density at radius 3 is 2.60 bits per heavy atom. The van der Waals surface area contributed by atoms with Crippen molar-refractivity contribution in [3.05, 3.63) is 42.2 Å². The largest absolute Gasteiger partial charge is 0.375 e. The molecule has 2 aliphatic rings. The molecule has 0 spiro atoms. The van der Waals surface area contributed by atoms with Crippen LogP contribution in [0.15, 0.2) is 36.7 Å². The Morgan fingerprint density at radius 2 is 1.95 bits per heavy atom. The van der Waals surface area contributed by atoms with E-state index in [2.05, 4.69) is 51.1 Å². The molecule has 2 saturated heterocycles. The van der Waals surface area contributed by atoms with Gasteiger partial charge in [0.25, 0.3) is 0 Å². The van der Waals surface area contributed by atoms with Crippen LogP contribution in [0.4, 0.5) is 27.7 Å². The van der Waals surface area contributed by atoms with E-state index in [1.807, 2.05) is 33.5 Å². The summed E-state index contributed by atoms with van der Waals surface area (Å²) in [6, 6.07) is 8.00. The van der Waals surface area contributed by atoms with Crippen LogP contribution in [-0.2, 0) is 9.84 Å². The fraction of sp³-hybridized carbons (Fsp3) is 0.519. The minimum atomic E-state index is -3.00. The number of pyridine rings is 1. The van der Waals surface area contributed by atoms with Gasteiger partial charge >= 0.3 is 0 Å². The summed E-state index contributed by atoms with van der Waals surface area (Å²) >= 11 is 1.95. The van der Waals surface area contributed by atoms with Crippen LogP contribution in [0.2, 0.25) is 0 Å². The molecule has 216 valence electrons. The predicted octanol–water partition coefficient (Wildman–Crippen LogP) is 5.08. The Bertz CT molecular complexity index is 1520. The summed E-state index contributed by atoms with van der Waals surface area (Å²) in [6.07, 6.45) is 5.03. The fourth-order valence-electron chi connectivity index (χ4n) is 5.49. The van der Waals surface area contributed by atoms with Gasteiger partial charge in [0, 0.05) is 61.7 Å². The van der Waals surface area contributed by atoms with Gasteiger partial charge in [0.1, 0.15) is 21.5 Å². The predicted molar refractivity (Wildman–Crippen MR) is 169 cm³/mol. The summed E-state index contributed by atoms with van der Waals surface area (Å²) in [7, 11) is -1.89. The Labute approximate surface area is 250 Å². The molecule has 4 heterocycles. The van der Waals surface area contributed by atoms with Crippen molar-refractivity contribution in [1.29, 1.82) is 0 Å². The molecule has 0 radical (unpaired) electrons. The van der Waals surface area contributed by atoms with Crippen molar-refractivity contribution in [2.24, 2.45) is 5.92 Å². The normalized spacial score (nSPS) is 24.0. The number of benzene rings is 1. The van der Waals surface area contributed by atoms with Crippen LogP contribution in [0, 0.1) is 5.92 Å². The summed E-state index contributed by atoms with van der Waals surface area (Å²) in [5.41, 5.74) is 0.421. The van der Waals surface area contributed by atoms with Crippen LogP contribution in [0.3, 0.4) is 0 Å². The minimum Gasteiger partial charge on any atom is -0.375 e. The first-order valence-electron chi connectivity index (χ1n) is 13.2. The van der Waals surface area contributed by atoms with E-state index in [-0.39, 0.29) is 24.6 Å². The smallest absolute Gasteiger partial charge is 0.227 e. The molecular weight excluding hydrogens is 666 g/mol. The molecular formula is C27H34FIN6O3S2. The maximum Gasteiger partial charge on any atom is 0.227 e. The molecule has 5 rings (SSSR count). The SMILES string of the molecule is CC(C)c1ccc(N2CC(CS(C)(=O)=O)C2)c2cnc(Nc3ccnc(N4CC[C@@](O)(SI)[C@@](C)(F)C4)n3)cc12. The molecule has 0 saturated carbocycles. The maximum absolute atomic E-state index is 15.3. The van der Waals surface area contributed by atoms with E-state index in [1.54, 1.807) is 17.2 Å². The van der Waals surface area contributed by atoms with Gasteiger partial charge in [-0.15, -0.1) is 0 Å². The lowest BCUT2D eigenvalue weighted by Crippen LogP contribution is -2.59. The molecule has 2 N–H and O–H groups in total. The first-order valence-corrected chi connectivity index (χ1v) is 18.6. The van der Waals surface area contributed by atoms with Crippen LogP contribution in [0.25, 0.3) is 10.8 Å². The van der Waals surface area contributed by atoms with E-state index in [0.29, 0.717) is 43.1 Å². The average Bonchev–Trinajstić information content (AvgIpc) is 2.86. The molecule has 2 aromatic heterocycles. The van der Waals surface area contributed by atoms with Crippen LogP contribution in [-0.4, -0.2) is 77.3 Å². The molecule has 3 aromatic rings. The molecule has 2 fully saturated rings. The number of sulfone groups is 1. The van der Waals surface area contributed by atoms with E-state index in [9.17, 15) is 13.5 Å². The Morgan fingerprint density at radius 1 is 1.20 bits per heavy atom. The number of nitrogens with zero attached hydrogens (tertiary/aromatic N) is 5. The lowest BCUT2D eigenvalue weighted by molar-refractivity contribution is -0.0351. The van der Waals surface area contributed by atoms with E-state index in [0.717, 1.165) is 25.4 Å². The van der Waals surface area contributed by atoms with Crippen molar-refractivity contribution in [3.63, 3.8) is 0 Å². The molecule has 0 bridgehead atoms. The fourth-order valence-corrected chi connectivity index (χ4v) is 8.99. The molecule has 0 unspecified atom stereocenters. The van der Waals surface area contributed by atoms with Gasteiger partial charge in [0.05, 0.1) is 12.3 Å². The second-order valence-corrected chi connectivity index (χ2v) is 15.7. The van der Waals surface area contributed by atoms with Gasteiger partial charge in [-0.1, -0.05) is 28.8 Å². The quantitative estimate of drug-likeness (QED) is 0.244. The van der Waals surface area contributed by atoms with Gasteiger partial charge < -0.3 is 20.2 Å². The second kappa shape index (κ2) is 11.0. The molecule has 0 aliphatic carbocycles. The molecule has 2 aliphatic heterocycles. The van der Waals surface area contributed by atoms with Crippen molar-refractivity contribution in [3.8, 4) is 0 Å². The molecule has 0 amide bonds. The second-order valence-electron chi connectivity index (χ2n) is 11.4. The topological polar surface area (TPSA) is 112 Å². The number of hydrogen-bond acceptors (Lipinski definition) is 10. The Hall–Kier alpha value is -1.97. The van der Waals surface area contributed by atoms with Crippen LogP contribution >= 0.6 is 30.1 Å². The van der Waals surface area contributed by atoms with Gasteiger partial charge in [-0.05, 0) is 63.2 Å². The number of nitrogens with one attached hydrogen (secondary N) is 1. The number of aliphatic hydroxyl groups is 1. The number of hydrogen-bond donors (Lipinski definition) is 2. The Kier molecular flexibility index (Phi) is 8.14. The number of fused-ring (bicyclic) bond motifs is 1. The van der Waals surface area contributed by atoms with E-state index in [1.165, 1.54) is 18.7 Å². The van der Waals surface area contributed by atoms with E-state index >= 15 is 4.39 Å². The molecule has 40 heavy (non-hydrogen) atoms. The monoisotopic (exact) mass is 700 g/mol. The van der Waals surface area contributed by atoms with E-state index in [4.69, 9.17) is 0 Å². The highest BCUT2D eigenvalue weighted by atomic mass is 127. The number of halogens is 2. The van der Waals surface area contributed by atoms with Crippen molar-refractivity contribution in [2.75, 3.05) is 53.3 Å². The molecule has 1 aromatic carbocycles. The summed E-state index contributed by atoms with van der Waals surface area (Å²) < 4.78 is 38.7. The summed E-state index contributed by atoms with van der Waals surface area (Å²) in [5.74, 6) is 2.19. The summed E-state index contributed by atoms with van der Waals surface area (Å²) in [4.78, 5) is 16.2. The highest BCUT2D eigenvalue weighted by Crippen LogP contribution is 2.46. The van der Waals surface area contributed by atoms with E-state index < -0.39 is 20.4 Å². The lowest BCUT2D eigenvalue weighted by Gasteiger charge is -2.45. The molecule has 2 atom stereocenters. The standard InChI is InChI=1S/C27H34FIN6O3S2/c1-17(2)19-5-6-22(35-13-18(14-35)15-40(4,37)38)21-12-31-24(11-20(19)21)32-23-7-9-30-25(33-23)34-10-8-27(36,39-29)26(3,28)16-34/h5-7,9,11-12,17-18,36H,8,10,13-16H2,1-4H3,(H,30,31,32,33)/t26-,27+/m0/s1. The zero-order valence-electron chi connectivity index (χ0n) is 22.9. The maximum atomic E-state index is 15.3. The van der Waals surface area contributed by atoms with Gasteiger partial charge in [-0.25, -0.2) is 22.8 Å². The number of rotatable bonds is 8. The first-order chi connectivity index (χ1) is 18.8. The summed E-state index contributed by atoms with van der Waals surface area (Å²) in [5, 5.41) is 16.0. The number of alkyl halides is 1. The lowest BCUT2D eigenvalue weighted by atomic mass is 9.93. The van der Waals surface area contributed by atoms with Crippen molar-refractivity contribution in [2.45, 2.75) is 43.7 Å². The number of anilines is 4. The van der Waals surface area contributed by atoms with Crippen LogP contribution in [0.5, 0.6) is 0 Å². The van der Waals surface area contributed by atoms with Gasteiger partial charge in [-0.3, -0.25) is 0 Å². The van der Waals surface area contributed by atoms with Crippen molar-refractivity contribution in [1.82, 2.24) is 15.0 Å². The third kappa shape index (κ3) is 5.97. The van der Waals surface area contributed by atoms with Crippen molar-refractivity contribution < 1.29 is 17.9 Å². The van der Waals surface area contributed by atoms with Gasteiger partial charge in [0.2, 0.25) is 5.95 Å². The summed E-state index contributed by atoms with van der Waals surface area (Å²) in [6.45, 7) is 7.55. The highest BCUT2D eigenvalue weighted by molar-refractivity contribution is 14.2. The highest BCUT2D eigenvalue weighted by Gasteiger charge is 2.52. The Balaban J connectivity index is 1.38. The van der Waals surface area contributed by atoms with Gasteiger partial charge in [0.15, 0.2) is 10.6 Å². The third-order valence-electron chi connectivity index (χ3n) is 7.70. The number of aromatic nitrogens is 3. The molecule has 9 nitrogen and oxygen atoms in total. The minimum absolute atomic E-state index is 0.0146. The van der Waals surface area contributed by atoms with Crippen LogP contribution < -0.4 is 15.1 Å². The zero-order chi connectivity index (χ0) is 28.9. The van der Waals surface area contributed by atoms with Crippen molar-refractivity contribution >= 4 is 74.0 Å². The first kappa shape index (κ1) is 29.5. The third-order valence-corrected chi connectivity index (χ3v) is 11.8. The van der Waals surface area contributed by atoms with Gasteiger partial charge in [-0.2, -0.15) is 4.98 Å². The zero-order valence-corrected chi connectivity index (χ0v) is 26.7. The number of piperidine rings is 1. The molecule has 13 heteroatoms. The average molecular weight is 701 g/mol. The van der Waals surface area contributed by atoms with Crippen LogP contribution in [0.1, 0.15) is 38.7 Å².